The maximum atomic E-state index is 12.0. The molecule has 0 unspecified atom stereocenters. The highest BCUT2D eigenvalue weighted by Crippen LogP contribution is 2.35. The van der Waals surface area contributed by atoms with E-state index < -0.39 is 17.5 Å². The number of anilines is 1. The maximum absolute atomic E-state index is 12.0. The van der Waals surface area contributed by atoms with Gasteiger partial charge in [0.25, 0.3) is 0 Å². The molecule has 0 heterocycles. The highest BCUT2D eigenvalue weighted by Gasteiger charge is 2.40. The Kier molecular flexibility index (Phi) is 4.48. The Morgan fingerprint density at radius 3 is 2.62 bits per heavy atom. The molecule has 2 rings (SSSR count). The van der Waals surface area contributed by atoms with E-state index in [2.05, 4.69) is 26.6 Å². The third-order valence-corrected chi connectivity index (χ3v) is 4.18. The summed E-state index contributed by atoms with van der Waals surface area (Å²) in [4.78, 5) is 22.9. The van der Waals surface area contributed by atoms with E-state index in [9.17, 15) is 9.59 Å². The van der Waals surface area contributed by atoms with Crippen molar-refractivity contribution in [2.75, 3.05) is 5.32 Å². The lowest BCUT2D eigenvalue weighted by Crippen LogP contribution is -2.55. The molecule has 0 saturated heterocycles. The molecule has 1 fully saturated rings. The van der Waals surface area contributed by atoms with Gasteiger partial charge in [-0.25, -0.2) is 4.79 Å². The predicted octanol–water partition coefficient (Wildman–Crippen LogP) is 2.84. The fraction of sp³-hybridized carbons (Fsp3) is 0.357. The number of nitrogens with zero attached hydrogens (tertiary/aromatic N) is 1. The highest BCUT2D eigenvalue weighted by atomic mass is 79.9. The Labute approximate surface area is 130 Å². The Balaban J connectivity index is 2.02. The molecule has 7 heteroatoms. The minimum absolute atomic E-state index is 0.0744. The Hall–Kier alpha value is -2.07. The average Bonchev–Trinajstić information content (AvgIpc) is 2.38. The number of carbonyl (C=O) groups is 2. The van der Waals surface area contributed by atoms with E-state index in [1.54, 1.807) is 18.2 Å². The summed E-state index contributed by atoms with van der Waals surface area (Å²) in [7, 11) is 0. The molecule has 21 heavy (non-hydrogen) atoms. The van der Waals surface area contributed by atoms with Crippen LogP contribution in [0.1, 0.15) is 31.2 Å². The number of carboxylic acids is 1. The Morgan fingerprint density at radius 1 is 1.43 bits per heavy atom. The normalized spacial score (nSPS) is 15.4. The third kappa shape index (κ3) is 3.73. The molecule has 1 aromatic rings. The highest BCUT2D eigenvalue weighted by molar-refractivity contribution is 9.10. The Bertz CT molecular complexity index is 620. The van der Waals surface area contributed by atoms with Gasteiger partial charge in [-0.15, -0.1) is 0 Å². The van der Waals surface area contributed by atoms with E-state index in [4.69, 9.17) is 10.4 Å². The summed E-state index contributed by atoms with van der Waals surface area (Å²) in [5.74, 6) is -0.922. The number of carbonyl (C=O) groups excluding carboxylic acids is 1. The van der Waals surface area contributed by atoms with Crippen LogP contribution < -0.4 is 10.6 Å². The van der Waals surface area contributed by atoms with Crippen molar-refractivity contribution < 1.29 is 14.7 Å². The van der Waals surface area contributed by atoms with Gasteiger partial charge in [-0.1, -0.05) is 0 Å². The molecular formula is C14H14BrN3O3. The molecule has 110 valence electrons. The van der Waals surface area contributed by atoms with E-state index >= 15 is 0 Å². The van der Waals surface area contributed by atoms with Gasteiger partial charge >= 0.3 is 12.0 Å². The van der Waals surface area contributed by atoms with Gasteiger partial charge in [0, 0.05) is 4.47 Å². The van der Waals surface area contributed by atoms with Gasteiger partial charge in [0.15, 0.2) is 0 Å². The van der Waals surface area contributed by atoms with Crippen LogP contribution in [0.25, 0.3) is 0 Å². The van der Waals surface area contributed by atoms with Crippen LogP contribution in [0.4, 0.5) is 10.5 Å². The van der Waals surface area contributed by atoms with E-state index in [0.717, 1.165) is 6.42 Å². The van der Waals surface area contributed by atoms with E-state index in [1.165, 1.54) is 0 Å². The zero-order valence-corrected chi connectivity index (χ0v) is 12.7. The number of nitriles is 1. The molecule has 1 aliphatic rings. The number of carboxylic acid groups (broad SMARTS) is 1. The van der Waals surface area contributed by atoms with Crippen LogP contribution in [0.3, 0.4) is 0 Å². The molecule has 0 aromatic heterocycles. The van der Waals surface area contributed by atoms with Gasteiger partial charge in [0.05, 0.1) is 29.3 Å². The van der Waals surface area contributed by atoms with Crippen LogP contribution in [-0.2, 0) is 4.79 Å². The van der Waals surface area contributed by atoms with Crippen LogP contribution >= 0.6 is 15.9 Å². The van der Waals surface area contributed by atoms with Crippen molar-refractivity contribution in [1.29, 1.82) is 5.26 Å². The van der Waals surface area contributed by atoms with Crippen LogP contribution in [-0.4, -0.2) is 22.6 Å². The minimum atomic E-state index is -0.922. The molecule has 1 aromatic carbocycles. The van der Waals surface area contributed by atoms with Crippen molar-refractivity contribution in [3.8, 4) is 6.07 Å². The largest absolute Gasteiger partial charge is 0.481 e. The van der Waals surface area contributed by atoms with Crippen molar-refractivity contribution in [3.05, 3.63) is 28.2 Å². The number of hydrogen-bond donors (Lipinski definition) is 3. The first kappa shape index (κ1) is 15.3. The van der Waals surface area contributed by atoms with Crippen molar-refractivity contribution in [3.63, 3.8) is 0 Å². The fourth-order valence-corrected chi connectivity index (χ4v) is 2.80. The fourth-order valence-electron chi connectivity index (χ4n) is 2.32. The summed E-state index contributed by atoms with van der Waals surface area (Å²) in [6, 6.07) is 6.37. The van der Waals surface area contributed by atoms with E-state index in [0.29, 0.717) is 28.6 Å². The number of halogens is 1. The zero-order valence-electron chi connectivity index (χ0n) is 11.1. The smallest absolute Gasteiger partial charge is 0.319 e. The molecule has 2 amide bonds. The van der Waals surface area contributed by atoms with Crippen molar-refractivity contribution in [2.24, 2.45) is 0 Å². The van der Waals surface area contributed by atoms with Crippen LogP contribution in [0.2, 0.25) is 0 Å². The van der Waals surface area contributed by atoms with Crippen molar-refractivity contribution in [1.82, 2.24) is 5.32 Å². The molecule has 3 N–H and O–H groups in total. The SMILES string of the molecule is N#Cc1ccc(NC(=O)NC2(CC(=O)O)CCC2)c(Br)c1. The lowest BCUT2D eigenvalue weighted by molar-refractivity contribution is -0.139. The van der Waals surface area contributed by atoms with Gasteiger partial charge < -0.3 is 15.7 Å². The number of amides is 2. The van der Waals surface area contributed by atoms with Gasteiger partial charge in [0.2, 0.25) is 0 Å². The first-order chi connectivity index (χ1) is 9.94. The van der Waals surface area contributed by atoms with Crippen LogP contribution in [0.15, 0.2) is 22.7 Å². The number of aliphatic carboxylic acids is 1. The van der Waals surface area contributed by atoms with Crippen LogP contribution in [0, 0.1) is 11.3 Å². The summed E-state index contributed by atoms with van der Waals surface area (Å²) in [6.45, 7) is 0. The van der Waals surface area contributed by atoms with Crippen molar-refractivity contribution >= 4 is 33.6 Å². The molecule has 0 atom stereocenters. The van der Waals surface area contributed by atoms with Gasteiger partial charge in [0.1, 0.15) is 0 Å². The number of urea groups is 1. The van der Waals surface area contributed by atoms with Crippen LogP contribution in [0.5, 0.6) is 0 Å². The molecule has 0 aliphatic heterocycles. The molecule has 1 aliphatic carbocycles. The Morgan fingerprint density at radius 2 is 2.14 bits per heavy atom. The monoisotopic (exact) mass is 351 g/mol. The molecule has 0 radical (unpaired) electrons. The lowest BCUT2D eigenvalue weighted by atomic mass is 9.74. The molecular weight excluding hydrogens is 338 g/mol. The second kappa shape index (κ2) is 6.14. The topological polar surface area (TPSA) is 102 Å². The standard InChI is InChI=1S/C14H14BrN3O3/c15-10-6-9(8-16)2-3-11(10)17-13(21)18-14(4-1-5-14)7-12(19)20/h2-3,6H,1,4-5,7H2,(H,19,20)(H2,17,18,21). The molecule has 1 saturated carbocycles. The lowest BCUT2D eigenvalue weighted by Gasteiger charge is -2.41. The zero-order chi connectivity index (χ0) is 15.5. The van der Waals surface area contributed by atoms with Gasteiger partial charge in [-0.3, -0.25) is 4.79 Å². The number of rotatable bonds is 4. The predicted molar refractivity (Wildman–Crippen MR) is 79.8 cm³/mol. The first-order valence-electron chi connectivity index (χ1n) is 6.45. The summed E-state index contributed by atoms with van der Waals surface area (Å²) in [6.07, 6.45) is 2.17. The summed E-state index contributed by atoms with van der Waals surface area (Å²) < 4.78 is 0.595. The average molecular weight is 352 g/mol. The number of hydrogen-bond acceptors (Lipinski definition) is 3. The van der Waals surface area contributed by atoms with E-state index in [-0.39, 0.29) is 6.42 Å². The summed E-state index contributed by atoms with van der Waals surface area (Å²) in [5.41, 5.74) is 0.361. The second-order valence-corrected chi connectivity index (χ2v) is 5.94. The maximum Gasteiger partial charge on any atom is 0.319 e. The van der Waals surface area contributed by atoms with Gasteiger partial charge in [-0.05, 0) is 53.4 Å². The molecule has 0 bridgehead atoms. The quantitative estimate of drug-likeness (QED) is 0.775. The molecule has 6 nitrogen and oxygen atoms in total. The molecule has 0 spiro atoms. The van der Waals surface area contributed by atoms with E-state index in [1.807, 2.05) is 6.07 Å². The first-order valence-corrected chi connectivity index (χ1v) is 7.24. The number of benzene rings is 1. The third-order valence-electron chi connectivity index (χ3n) is 3.53. The number of nitrogens with one attached hydrogen (secondary N) is 2. The summed E-state index contributed by atoms with van der Waals surface area (Å²) >= 11 is 3.28. The minimum Gasteiger partial charge on any atom is -0.481 e. The van der Waals surface area contributed by atoms with Gasteiger partial charge in [-0.2, -0.15) is 5.26 Å². The van der Waals surface area contributed by atoms with Crippen molar-refractivity contribution in [2.45, 2.75) is 31.2 Å². The summed E-state index contributed by atoms with van der Waals surface area (Å²) in [5, 5.41) is 23.1. The second-order valence-electron chi connectivity index (χ2n) is 5.09.